The lowest BCUT2D eigenvalue weighted by Gasteiger charge is -2.32. The van der Waals surface area contributed by atoms with Gasteiger partial charge in [-0.2, -0.15) is 10.2 Å². The number of hydrogen-bond acceptors (Lipinski definition) is 8. The van der Waals surface area contributed by atoms with Crippen LogP contribution in [0.15, 0.2) is 70.5 Å². The molecule has 13 heteroatoms. The summed E-state index contributed by atoms with van der Waals surface area (Å²) < 4.78 is 23.0. The average Bonchev–Trinajstić information content (AvgIpc) is 3.67. The molecule has 1 aliphatic rings. The van der Waals surface area contributed by atoms with Crippen LogP contribution in [0.25, 0.3) is 15.2 Å². The Morgan fingerprint density at radius 1 is 1.12 bits per heavy atom. The number of aryl methyl sites for hydroxylation is 3. The minimum atomic E-state index is -1.47. The summed E-state index contributed by atoms with van der Waals surface area (Å²) in [6, 6.07) is 14.0. The van der Waals surface area contributed by atoms with Crippen LogP contribution in [0.5, 0.6) is 5.75 Å². The lowest BCUT2D eigenvalue weighted by Crippen LogP contribution is -2.57. The maximum atomic E-state index is 14.5. The normalized spacial score (nSPS) is 13.2. The number of aromatic nitrogens is 5. The number of rotatable bonds is 10. The second-order valence-corrected chi connectivity index (χ2v) is 13.6. The zero-order valence-corrected chi connectivity index (χ0v) is 28.6. The Bertz CT molecular complexity index is 1990. The minimum absolute atomic E-state index is 0.0334. The van der Waals surface area contributed by atoms with Crippen molar-refractivity contribution in [2.24, 2.45) is 0 Å². The maximum absolute atomic E-state index is 14.5. The highest BCUT2D eigenvalue weighted by Gasteiger charge is 2.37. The Kier molecular flexibility index (Phi) is 10.6. The largest absolute Gasteiger partial charge is 0.489 e. The topological polar surface area (TPSA) is 133 Å². The molecule has 0 unspecified atom stereocenters. The molecule has 2 N–H and O–H groups in total. The minimum Gasteiger partial charge on any atom is -0.489 e. The van der Waals surface area contributed by atoms with Crippen molar-refractivity contribution in [3.05, 3.63) is 104 Å². The quantitative estimate of drug-likeness (QED) is 0.216. The standard InChI is InChI=1S/C32H33FN6O4S.C3H8O/c1-20-26-27(40)38(32(2,3)30(41)36-24-10-7-11-24)31(42)37(29(26)44-28(20)39-34-15-16-35-39)17-14-22-18-23(33)12-13-25(22)43-19-21-8-5-4-6-9-21;1-3(2)4/h4-6,8-9,12-13,15-16,18,24H,7,10-11,14,17,19H2,1-3H3,(H,36,41);3-4H,1-2H3. The molecule has 1 saturated carbocycles. The van der Waals surface area contributed by atoms with Crippen LogP contribution in [0.3, 0.4) is 0 Å². The number of thiophene rings is 1. The molecule has 2 aromatic carbocycles. The summed E-state index contributed by atoms with van der Waals surface area (Å²) in [5, 5.41) is 20.4. The summed E-state index contributed by atoms with van der Waals surface area (Å²) in [6.07, 6.45) is 5.89. The lowest BCUT2D eigenvalue weighted by atomic mass is 9.91. The number of carbonyl (C=O) groups excluding carboxylic acids is 1. The fourth-order valence-electron chi connectivity index (χ4n) is 5.40. The number of ether oxygens (including phenoxy) is 1. The first kappa shape index (κ1) is 34.7. The van der Waals surface area contributed by atoms with Gasteiger partial charge in [0.25, 0.3) is 5.56 Å². The molecule has 11 nitrogen and oxygen atoms in total. The molecule has 3 aromatic heterocycles. The predicted octanol–water partition coefficient (Wildman–Crippen LogP) is 4.87. The van der Waals surface area contributed by atoms with Crippen LogP contribution in [0.2, 0.25) is 0 Å². The van der Waals surface area contributed by atoms with Crippen LogP contribution in [0.1, 0.15) is 63.6 Å². The van der Waals surface area contributed by atoms with Gasteiger partial charge in [0.2, 0.25) is 5.91 Å². The molecule has 3 heterocycles. The zero-order chi connectivity index (χ0) is 34.6. The molecule has 5 aromatic rings. The monoisotopic (exact) mass is 676 g/mol. The van der Waals surface area contributed by atoms with Crippen LogP contribution in [-0.4, -0.2) is 47.3 Å². The summed E-state index contributed by atoms with van der Waals surface area (Å²) in [5.74, 6) is -0.324. The molecule has 0 radical (unpaired) electrons. The third-order valence-corrected chi connectivity index (χ3v) is 9.49. The van der Waals surface area contributed by atoms with E-state index in [1.165, 1.54) is 45.2 Å². The van der Waals surface area contributed by atoms with Crippen LogP contribution >= 0.6 is 11.3 Å². The van der Waals surface area contributed by atoms with Gasteiger partial charge < -0.3 is 15.2 Å². The number of aliphatic hydroxyl groups excluding tert-OH is 1. The third kappa shape index (κ3) is 7.42. The van der Waals surface area contributed by atoms with E-state index in [4.69, 9.17) is 9.84 Å². The van der Waals surface area contributed by atoms with Crippen LogP contribution in [0, 0.1) is 12.7 Å². The van der Waals surface area contributed by atoms with Crippen molar-refractivity contribution < 1.29 is 19.0 Å². The number of nitrogens with one attached hydrogen (secondary N) is 1. The molecule has 1 fully saturated rings. The summed E-state index contributed by atoms with van der Waals surface area (Å²) in [5.41, 5.74) is -0.518. The fraction of sp³-hybridized carbons (Fsp3) is 0.400. The van der Waals surface area contributed by atoms with Gasteiger partial charge in [0.05, 0.1) is 17.8 Å². The number of halogens is 1. The van der Waals surface area contributed by atoms with Gasteiger partial charge in [-0.15, -0.1) is 4.80 Å². The van der Waals surface area contributed by atoms with E-state index in [0.29, 0.717) is 38.7 Å². The number of fused-ring (bicyclic) bond motifs is 1. The number of amides is 1. The number of aliphatic hydroxyl groups is 1. The summed E-state index contributed by atoms with van der Waals surface area (Å²) in [4.78, 5) is 43.6. The number of hydrogen-bond donors (Lipinski definition) is 2. The van der Waals surface area contributed by atoms with E-state index in [1.807, 2.05) is 30.3 Å². The van der Waals surface area contributed by atoms with Crippen LogP contribution in [0.4, 0.5) is 4.39 Å². The Balaban J connectivity index is 0.00000107. The first-order valence-corrected chi connectivity index (χ1v) is 16.8. The smallest absolute Gasteiger partial charge is 0.333 e. The molecule has 0 bridgehead atoms. The van der Waals surface area contributed by atoms with Gasteiger partial charge in [0.15, 0.2) is 0 Å². The maximum Gasteiger partial charge on any atom is 0.333 e. The molecule has 0 saturated heterocycles. The highest BCUT2D eigenvalue weighted by Crippen LogP contribution is 2.32. The highest BCUT2D eigenvalue weighted by atomic mass is 32.1. The average molecular weight is 677 g/mol. The second kappa shape index (κ2) is 14.7. The Hall–Kier alpha value is -4.62. The Morgan fingerprint density at radius 2 is 1.79 bits per heavy atom. The molecule has 0 spiro atoms. The first-order valence-electron chi connectivity index (χ1n) is 16.0. The molecule has 0 aliphatic heterocycles. The van der Waals surface area contributed by atoms with E-state index in [-0.39, 0.29) is 25.1 Å². The van der Waals surface area contributed by atoms with Gasteiger partial charge in [-0.05, 0) is 89.6 Å². The van der Waals surface area contributed by atoms with Crippen molar-refractivity contribution in [3.8, 4) is 10.8 Å². The molecule has 0 atom stereocenters. The van der Waals surface area contributed by atoms with Crippen molar-refractivity contribution in [1.29, 1.82) is 0 Å². The van der Waals surface area contributed by atoms with Gasteiger partial charge in [0, 0.05) is 24.3 Å². The van der Waals surface area contributed by atoms with E-state index in [2.05, 4.69) is 15.5 Å². The highest BCUT2D eigenvalue weighted by molar-refractivity contribution is 7.21. The molecule has 254 valence electrons. The summed E-state index contributed by atoms with van der Waals surface area (Å²) >= 11 is 1.22. The summed E-state index contributed by atoms with van der Waals surface area (Å²) in [7, 11) is 0. The summed E-state index contributed by atoms with van der Waals surface area (Å²) in [6.45, 7) is 8.79. The number of benzene rings is 2. The van der Waals surface area contributed by atoms with Crippen molar-refractivity contribution in [1.82, 2.24) is 29.4 Å². The number of carbonyl (C=O) groups is 1. The van der Waals surface area contributed by atoms with E-state index in [0.717, 1.165) is 29.4 Å². The molecule has 1 amide bonds. The van der Waals surface area contributed by atoms with E-state index in [1.54, 1.807) is 40.7 Å². The van der Waals surface area contributed by atoms with Gasteiger partial charge in [-0.1, -0.05) is 41.7 Å². The lowest BCUT2D eigenvalue weighted by molar-refractivity contribution is -0.130. The third-order valence-electron chi connectivity index (χ3n) is 8.21. The zero-order valence-electron chi connectivity index (χ0n) is 27.8. The molecular weight excluding hydrogens is 635 g/mol. The van der Waals surface area contributed by atoms with Crippen molar-refractivity contribution in [2.45, 2.75) is 91.1 Å². The molecule has 1 aliphatic carbocycles. The second-order valence-electron chi connectivity index (χ2n) is 12.6. The van der Waals surface area contributed by atoms with Crippen LogP contribution < -0.4 is 21.3 Å². The fourth-order valence-corrected chi connectivity index (χ4v) is 6.64. The first-order chi connectivity index (χ1) is 22.9. The molecule has 6 rings (SSSR count). The van der Waals surface area contributed by atoms with Gasteiger partial charge in [-0.3, -0.25) is 14.2 Å². The van der Waals surface area contributed by atoms with Crippen LogP contribution in [-0.2, 0) is 29.9 Å². The van der Waals surface area contributed by atoms with E-state index < -0.39 is 28.5 Å². The van der Waals surface area contributed by atoms with Gasteiger partial charge >= 0.3 is 5.69 Å². The van der Waals surface area contributed by atoms with Crippen molar-refractivity contribution in [2.75, 3.05) is 0 Å². The Morgan fingerprint density at radius 3 is 2.42 bits per heavy atom. The van der Waals surface area contributed by atoms with Gasteiger partial charge in [-0.25, -0.2) is 13.8 Å². The predicted molar refractivity (Wildman–Crippen MR) is 183 cm³/mol. The molecular formula is C35H41FN6O5S. The van der Waals surface area contributed by atoms with E-state index >= 15 is 0 Å². The van der Waals surface area contributed by atoms with Crippen molar-refractivity contribution >= 4 is 27.5 Å². The number of nitrogens with zero attached hydrogens (tertiary/aromatic N) is 5. The Labute approximate surface area is 281 Å². The molecule has 48 heavy (non-hydrogen) atoms. The van der Waals surface area contributed by atoms with Crippen molar-refractivity contribution in [3.63, 3.8) is 0 Å². The van der Waals surface area contributed by atoms with E-state index in [9.17, 15) is 18.8 Å². The van der Waals surface area contributed by atoms with Gasteiger partial charge in [0.1, 0.15) is 33.5 Å². The SMILES string of the molecule is CC(C)O.Cc1c(-n2nccn2)sc2c1c(=O)n(C(C)(C)C(=O)NC1CCC1)c(=O)n2CCc1cc(F)ccc1OCc1ccccc1.